The molecule has 4 unspecified atom stereocenters. The van der Waals surface area contributed by atoms with Crippen LogP contribution in [0.4, 0.5) is 0 Å². The topological polar surface area (TPSA) is 14.1 Å². The molecule has 0 aromatic carbocycles. The van der Waals surface area contributed by atoms with Gasteiger partial charge in [0.05, 0.1) is 0 Å². The van der Waals surface area contributed by atoms with Crippen LogP contribution in [0.2, 0.25) is 18.6 Å². The fourth-order valence-corrected chi connectivity index (χ4v) is 12.5. The number of hydrogen-bond acceptors (Lipinski definition) is 0. The Morgan fingerprint density at radius 1 is 0.903 bits per heavy atom. The zero-order valence-corrected chi connectivity index (χ0v) is 25.3. The van der Waals surface area contributed by atoms with Crippen molar-refractivity contribution in [3.05, 3.63) is 49.6 Å². The molecule has 0 spiro atoms. The Bertz CT molecular complexity index is 694. The van der Waals surface area contributed by atoms with Crippen LogP contribution in [-0.2, 0) is 21.7 Å². The van der Waals surface area contributed by atoms with Crippen LogP contribution in [0.25, 0.3) is 4.98 Å². The third-order valence-corrected chi connectivity index (χ3v) is 11.7. The van der Waals surface area contributed by atoms with Gasteiger partial charge in [-0.05, 0) is 79.3 Å². The van der Waals surface area contributed by atoms with Crippen molar-refractivity contribution in [2.75, 3.05) is 0 Å². The molecule has 1 saturated carbocycles. The van der Waals surface area contributed by atoms with Gasteiger partial charge in [0.1, 0.15) is 0 Å². The van der Waals surface area contributed by atoms with Crippen molar-refractivity contribution in [3.8, 4) is 0 Å². The maximum Gasteiger partial charge on any atom is 4.00 e. The number of nitrogens with zero attached hydrogens (tertiary/aromatic N) is 1. The van der Waals surface area contributed by atoms with Gasteiger partial charge in [-0.25, -0.2) is 0 Å². The van der Waals surface area contributed by atoms with Crippen LogP contribution in [-0.4, -0.2) is 13.8 Å². The van der Waals surface area contributed by atoms with E-state index in [0.29, 0.717) is 5.41 Å². The summed E-state index contributed by atoms with van der Waals surface area (Å²) in [5.41, 5.74) is 8.92. The second-order valence-electron chi connectivity index (χ2n) is 12.5. The quantitative estimate of drug-likeness (QED) is 0.278. The molecule has 1 nitrogen and oxygen atoms in total. The summed E-state index contributed by atoms with van der Waals surface area (Å²) in [7, 11) is -1.67. The van der Waals surface area contributed by atoms with E-state index in [2.05, 4.69) is 54.6 Å². The average Bonchev–Trinajstić information content (AvgIpc) is 3.01. The summed E-state index contributed by atoms with van der Waals surface area (Å²) in [6.45, 7) is 19.7. The van der Waals surface area contributed by atoms with Crippen LogP contribution in [0.15, 0.2) is 22.3 Å². The Kier molecular flexibility index (Phi) is 10.4. The number of fused-ring (bicyclic) bond motifs is 4. The first-order chi connectivity index (χ1) is 12.4. The molecule has 0 aromatic heterocycles. The molecule has 3 heteroatoms. The van der Waals surface area contributed by atoms with E-state index in [0.717, 1.165) is 23.3 Å². The molecule has 0 aliphatic heterocycles. The molecule has 4 aliphatic rings. The zero-order valence-electron chi connectivity index (χ0n) is 22.7. The standard InChI is InChI=1S/C25H42NSi.3CH3.Ti/c1-16-13-19-17-11-9-10-12-18(17)20-14-25(5,6)15-21(20)22(19)23(16)27(7,8)26-24(2,3)4;;;;/h16,19,22-23H,9-15H2,1-8H3;3*1H3;/q4*-1;+4. The molecule has 0 aromatic rings. The summed E-state index contributed by atoms with van der Waals surface area (Å²) in [4.78, 5) is 5.52. The number of rotatable bonds is 2. The Labute approximate surface area is 212 Å². The van der Waals surface area contributed by atoms with Crippen LogP contribution in [0.3, 0.4) is 0 Å². The van der Waals surface area contributed by atoms with Crippen molar-refractivity contribution >= 4 is 8.24 Å². The van der Waals surface area contributed by atoms with E-state index >= 15 is 0 Å². The first-order valence-corrected chi connectivity index (χ1v) is 14.6. The van der Waals surface area contributed by atoms with E-state index < -0.39 is 8.24 Å². The van der Waals surface area contributed by atoms with Gasteiger partial charge in [-0.15, -0.1) is 5.54 Å². The monoisotopic (exact) mass is 477 g/mol. The normalized spacial score (nSPS) is 31.4. The average molecular weight is 478 g/mol. The summed E-state index contributed by atoms with van der Waals surface area (Å²) in [5, 5.41) is 0. The summed E-state index contributed by atoms with van der Waals surface area (Å²) >= 11 is 0. The summed E-state index contributed by atoms with van der Waals surface area (Å²) in [6, 6.07) is 0. The summed E-state index contributed by atoms with van der Waals surface area (Å²) < 4.78 is 0. The minimum atomic E-state index is -1.67. The van der Waals surface area contributed by atoms with Crippen LogP contribution >= 0.6 is 0 Å². The van der Waals surface area contributed by atoms with E-state index in [4.69, 9.17) is 4.98 Å². The van der Waals surface area contributed by atoms with Crippen molar-refractivity contribution in [2.24, 2.45) is 23.2 Å². The molecule has 176 valence electrons. The predicted molar refractivity (Wildman–Crippen MR) is 140 cm³/mol. The molecule has 31 heavy (non-hydrogen) atoms. The SMILES string of the molecule is CC1CC2C3=C(CCCC3)C3=C(CC(C)(C)C3)C2C1[Si](C)(C)[N-]C(C)(C)C.[CH3-].[CH3-].[CH3-].[Ti+4]. The maximum absolute atomic E-state index is 5.52. The Morgan fingerprint density at radius 3 is 2.06 bits per heavy atom. The van der Waals surface area contributed by atoms with Gasteiger partial charge < -0.3 is 27.3 Å². The van der Waals surface area contributed by atoms with Crippen molar-refractivity contribution in [2.45, 2.75) is 111 Å². The molecule has 0 amide bonds. The van der Waals surface area contributed by atoms with E-state index in [9.17, 15) is 0 Å². The fourth-order valence-electron chi connectivity index (χ4n) is 7.77. The van der Waals surface area contributed by atoms with Crippen LogP contribution in [0.1, 0.15) is 86.5 Å². The zero-order chi connectivity index (χ0) is 19.8. The van der Waals surface area contributed by atoms with Crippen molar-refractivity contribution in [3.63, 3.8) is 0 Å². The molecule has 4 atom stereocenters. The third-order valence-electron chi connectivity index (χ3n) is 7.94. The Balaban J connectivity index is 0.00000225. The van der Waals surface area contributed by atoms with E-state index in [1.165, 1.54) is 44.9 Å². The first-order valence-electron chi connectivity index (χ1n) is 11.6. The molecule has 0 N–H and O–H groups in total. The van der Waals surface area contributed by atoms with Crippen molar-refractivity contribution in [1.29, 1.82) is 0 Å². The first kappa shape index (κ1) is 31.4. The smallest absolute Gasteiger partial charge is 0.660 e. The van der Waals surface area contributed by atoms with Crippen LogP contribution < -0.4 is 0 Å². The Morgan fingerprint density at radius 2 is 1.48 bits per heavy atom. The van der Waals surface area contributed by atoms with Gasteiger partial charge in [0.25, 0.3) is 0 Å². The van der Waals surface area contributed by atoms with Crippen molar-refractivity contribution in [1.82, 2.24) is 0 Å². The molecular formula is C28H51NSiTi. The molecule has 0 radical (unpaired) electrons. The largest absolute Gasteiger partial charge is 4.00 e. The molecule has 4 aliphatic carbocycles. The third kappa shape index (κ3) is 5.72. The van der Waals surface area contributed by atoms with Gasteiger partial charge in [0, 0.05) is 0 Å². The van der Waals surface area contributed by atoms with E-state index in [1.54, 1.807) is 0 Å². The van der Waals surface area contributed by atoms with Gasteiger partial charge in [-0.3, -0.25) is 0 Å². The summed E-state index contributed by atoms with van der Waals surface area (Å²) in [5.74, 6) is 2.51. The fraction of sp³-hybridized carbons (Fsp3) is 0.750. The second kappa shape index (κ2) is 10.3. The van der Waals surface area contributed by atoms with Crippen LogP contribution in [0.5, 0.6) is 0 Å². The molecule has 0 bridgehead atoms. The summed E-state index contributed by atoms with van der Waals surface area (Å²) in [6.07, 6.45) is 9.74. The minimum Gasteiger partial charge on any atom is -0.660 e. The minimum absolute atomic E-state index is 0. The number of allylic oxidation sites excluding steroid dienone is 4. The van der Waals surface area contributed by atoms with Gasteiger partial charge in [0.2, 0.25) is 0 Å². The molecule has 4 rings (SSSR count). The maximum atomic E-state index is 5.52. The van der Waals surface area contributed by atoms with E-state index in [-0.39, 0.29) is 49.5 Å². The number of hydrogen-bond donors (Lipinski definition) is 0. The second-order valence-corrected chi connectivity index (χ2v) is 16.7. The van der Waals surface area contributed by atoms with Crippen molar-refractivity contribution < 1.29 is 21.7 Å². The van der Waals surface area contributed by atoms with Gasteiger partial charge in [-0.1, -0.05) is 79.6 Å². The van der Waals surface area contributed by atoms with Gasteiger partial charge >= 0.3 is 21.7 Å². The molecule has 0 saturated heterocycles. The molecule has 1 fully saturated rings. The van der Waals surface area contributed by atoms with Gasteiger partial charge in [-0.2, -0.15) is 0 Å². The molecule has 0 heterocycles. The molecular weight excluding hydrogens is 426 g/mol. The van der Waals surface area contributed by atoms with Crippen LogP contribution in [0, 0.1) is 45.4 Å². The predicted octanol–water partition coefficient (Wildman–Crippen LogP) is 9.36. The Hall–Kier alpha value is 0.371. The van der Waals surface area contributed by atoms with Gasteiger partial charge in [0.15, 0.2) is 0 Å². The van der Waals surface area contributed by atoms with E-state index in [1.807, 2.05) is 22.3 Å².